The van der Waals surface area contributed by atoms with Crippen LogP contribution in [0.3, 0.4) is 0 Å². The van der Waals surface area contributed by atoms with E-state index in [-0.39, 0.29) is 24.0 Å². The number of benzene rings is 1. The number of aromatic nitrogens is 3. The van der Waals surface area contributed by atoms with Crippen molar-refractivity contribution in [3.05, 3.63) is 48.2 Å². The highest BCUT2D eigenvalue weighted by Gasteiger charge is 2.17. The lowest BCUT2D eigenvalue weighted by Crippen LogP contribution is -2.27. The van der Waals surface area contributed by atoms with Gasteiger partial charge >= 0.3 is 11.8 Å². The smallest absolute Gasteiger partial charge is 0.315 e. The summed E-state index contributed by atoms with van der Waals surface area (Å²) in [4.78, 5) is 34.6. The third kappa shape index (κ3) is 5.10. The van der Waals surface area contributed by atoms with Crippen LogP contribution in [0.25, 0.3) is 10.9 Å². The maximum absolute atomic E-state index is 12.3. The molecule has 1 aromatic carbocycles. The van der Waals surface area contributed by atoms with Gasteiger partial charge in [-0.1, -0.05) is 11.2 Å². The Kier molecular flexibility index (Phi) is 6.28. The molecule has 0 aliphatic carbocycles. The van der Waals surface area contributed by atoms with Gasteiger partial charge in [-0.05, 0) is 51.3 Å². The molecule has 2 amide bonds. The van der Waals surface area contributed by atoms with Gasteiger partial charge in [0.2, 0.25) is 5.91 Å². The van der Waals surface area contributed by atoms with Crippen molar-refractivity contribution in [2.45, 2.75) is 12.8 Å². The fourth-order valence-corrected chi connectivity index (χ4v) is 2.64. The fraction of sp³-hybridized carbons (Fsp3) is 0.316. The number of nitrogens with zero attached hydrogens (tertiary/aromatic N) is 4. The number of amides is 2. The Bertz CT molecular complexity index is 964. The van der Waals surface area contributed by atoms with Crippen LogP contribution in [0.4, 0.5) is 5.69 Å². The SMILES string of the molecule is CN(C)CCCNC(=O)c1nc(CC(=O)Nc2cccc3ncccc23)no1. The van der Waals surface area contributed by atoms with Gasteiger partial charge in [-0.15, -0.1) is 0 Å². The van der Waals surface area contributed by atoms with E-state index in [9.17, 15) is 9.59 Å². The van der Waals surface area contributed by atoms with E-state index in [2.05, 4.69) is 25.8 Å². The third-order valence-corrected chi connectivity index (χ3v) is 3.97. The molecular weight excluding hydrogens is 360 g/mol. The molecule has 0 fully saturated rings. The lowest BCUT2D eigenvalue weighted by atomic mass is 10.2. The summed E-state index contributed by atoms with van der Waals surface area (Å²) < 4.78 is 4.95. The Morgan fingerprint density at radius 1 is 1.18 bits per heavy atom. The van der Waals surface area contributed by atoms with Crippen LogP contribution in [0, 0.1) is 0 Å². The summed E-state index contributed by atoms with van der Waals surface area (Å²) in [6, 6.07) is 9.17. The molecule has 9 heteroatoms. The van der Waals surface area contributed by atoms with Crippen molar-refractivity contribution in [3.63, 3.8) is 0 Å². The minimum atomic E-state index is -0.446. The summed E-state index contributed by atoms with van der Waals surface area (Å²) in [7, 11) is 3.93. The van der Waals surface area contributed by atoms with Crippen molar-refractivity contribution in [1.29, 1.82) is 0 Å². The summed E-state index contributed by atoms with van der Waals surface area (Å²) in [5.41, 5.74) is 1.44. The Hall–Kier alpha value is -3.33. The number of nitrogens with one attached hydrogen (secondary N) is 2. The minimum Gasteiger partial charge on any atom is -0.348 e. The van der Waals surface area contributed by atoms with Crippen LogP contribution in [0.5, 0.6) is 0 Å². The summed E-state index contributed by atoms with van der Waals surface area (Å²) >= 11 is 0. The molecule has 2 aromatic heterocycles. The topological polar surface area (TPSA) is 113 Å². The number of carbonyl (C=O) groups excluding carboxylic acids is 2. The van der Waals surface area contributed by atoms with E-state index in [0.717, 1.165) is 23.9 Å². The van der Waals surface area contributed by atoms with Gasteiger partial charge in [-0.25, -0.2) is 0 Å². The Morgan fingerprint density at radius 3 is 2.86 bits per heavy atom. The molecule has 146 valence electrons. The van der Waals surface area contributed by atoms with E-state index in [0.29, 0.717) is 12.2 Å². The minimum absolute atomic E-state index is 0.103. The molecule has 0 unspecified atom stereocenters. The first kappa shape index (κ1) is 19.4. The molecule has 0 saturated carbocycles. The number of hydrogen-bond donors (Lipinski definition) is 2. The molecule has 3 aromatic rings. The van der Waals surface area contributed by atoms with Crippen LogP contribution < -0.4 is 10.6 Å². The molecule has 2 N–H and O–H groups in total. The first-order chi connectivity index (χ1) is 13.5. The Labute approximate surface area is 162 Å². The summed E-state index contributed by atoms with van der Waals surface area (Å²) in [5.74, 6) is -0.760. The maximum Gasteiger partial charge on any atom is 0.315 e. The van der Waals surface area contributed by atoms with Crippen LogP contribution in [0.15, 0.2) is 41.1 Å². The first-order valence-electron chi connectivity index (χ1n) is 8.92. The molecule has 0 radical (unpaired) electrons. The molecule has 9 nitrogen and oxygen atoms in total. The highest BCUT2D eigenvalue weighted by Crippen LogP contribution is 2.21. The van der Waals surface area contributed by atoms with E-state index in [4.69, 9.17) is 4.52 Å². The predicted octanol–water partition coefficient (Wildman–Crippen LogP) is 1.48. The number of pyridine rings is 1. The van der Waals surface area contributed by atoms with E-state index in [1.165, 1.54) is 0 Å². The quantitative estimate of drug-likeness (QED) is 0.567. The van der Waals surface area contributed by atoms with Crippen LogP contribution in [0.1, 0.15) is 22.9 Å². The van der Waals surface area contributed by atoms with Crippen LogP contribution in [0.2, 0.25) is 0 Å². The lowest BCUT2D eigenvalue weighted by molar-refractivity contribution is -0.115. The zero-order chi connectivity index (χ0) is 19.9. The van der Waals surface area contributed by atoms with Gasteiger partial charge in [0.1, 0.15) is 0 Å². The molecule has 0 spiro atoms. The molecule has 2 heterocycles. The van der Waals surface area contributed by atoms with E-state index in [1.807, 2.05) is 37.2 Å². The maximum atomic E-state index is 12.3. The number of carbonyl (C=O) groups is 2. The Morgan fingerprint density at radius 2 is 2.04 bits per heavy atom. The number of anilines is 1. The largest absolute Gasteiger partial charge is 0.348 e. The third-order valence-electron chi connectivity index (χ3n) is 3.97. The first-order valence-corrected chi connectivity index (χ1v) is 8.92. The van der Waals surface area contributed by atoms with Gasteiger partial charge in [0.25, 0.3) is 0 Å². The molecule has 0 bridgehead atoms. The second-order valence-electron chi connectivity index (χ2n) is 6.53. The second-order valence-corrected chi connectivity index (χ2v) is 6.53. The van der Waals surface area contributed by atoms with Gasteiger partial charge in [0.15, 0.2) is 5.82 Å². The van der Waals surface area contributed by atoms with Crippen molar-refractivity contribution in [2.75, 3.05) is 32.5 Å². The zero-order valence-electron chi connectivity index (χ0n) is 15.8. The van der Waals surface area contributed by atoms with Crippen molar-refractivity contribution in [1.82, 2.24) is 25.3 Å². The number of fused-ring (bicyclic) bond motifs is 1. The van der Waals surface area contributed by atoms with E-state index >= 15 is 0 Å². The molecule has 28 heavy (non-hydrogen) atoms. The van der Waals surface area contributed by atoms with Crippen molar-refractivity contribution in [3.8, 4) is 0 Å². The summed E-state index contributed by atoms with van der Waals surface area (Å²) in [5, 5.41) is 10.1. The predicted molar refractivity (Wildman–Crippen MR) is 104 cm³/mol. The second kappa shape index (κ2) is 9.05. The summed E-state index contributed by atoms with van der Waals surface area (Å²) in [6.45, 7) is 1.36. The monoisotopic (exact) mass is 382 g/mol. The summed E-state index contributed by atoms with van der Waals surface area (Å²) in [6.07, 6.45) is 2.40. The van der Waals surface area contributed by atoms with Gasteiger partial charge in [0, 0.05) is 18.1 Å². The molecule has 0 aliphatic heterocycles. The number of hydrogen-bond acceptors (Lipinski definition) is 7. The molecule has 0 saturated heterocycles. The molecular formula is C19H22N6O3. The normalized spacial score (nSPS) is 11.0. The number of rotatable bonds is 8. The van der Waals surface area contributed by atoms with Gasteiger partial charge in [-0.3, -0.25) is 14.6 Å². The van der Waals surface area contributed by atoms with Crippen LogP contribution in [-0.4, -0.2) is 59.0 Å². The van der Waals surface area contributed by atoms with E-state index < -0.39 is 5.91 Å². The molecule has 0 atom stereocenters. The Balaban J connectivity index is 1.55. The van der Waals surface area contributed by atoms with E-state index in [1.54, 1.807) is 18.3 Å². The van der Waals surface area contributed by atoms with Gasteiger partial charge in [-0.2, -0.15) is 4.98 Å². The highest BCUT2D eigenvalue weighted by molar-refractivity contribution is 6.01. The lowest BCUT2D eigenvalue weighted by Gasteiger charge is -2.08. The zero-order valence-corrected chi connectivity index (χ0v) is 15.8. The average Bonchev–Trinajstić information content (AvgIpc) is 3.13. The molecule has 0 aliphatic rings. The standard InChI is InChI=1S/C19H22N6O3/c1-25(2)11-5-10-21-18(27)19-23-16(24-28-19)12-17(26)22-15-8-3-7-14-13(15)6-4-9-20-14/h3-4,6-9H,5,10-12H2,1-2H3,(H,21,27)(H,22,26). The average molecular weight is 382 g/mol. The highest BCUT2D eigenvalue weighted by atomic mass is 16.5. The van der Waals surface area contributed by atoms with Crippen molar-refractivity contribution in [2.24, 2.45) is 0 Å². The molecule has 3 rings (SSSR count). The van der Waals surface area contributed by atoms with Crippen LogP contribution in [-0.2, 0) is 11.2 Å². The van der Waals surface area contributed by atoms with Gasteiger partial charge < -0.3 is 20.1 Å². The fourth-order valence-electron chi connectivity index (χ4n) is 2.64. The van der Waals surface area contributed by atoms with Crippen molar-refractivity contribution < 1.29 is 14.1 Å². The van der Waals surface area contributed by atoms with Crippen LogP contribution >= 0.6 is 0 Å². The van der Waals surface area contributed by atoms with Crippen molar-refractivity contribution >= 4 is 28.4 Å². The van der Waals surface area contributed by atoms with Gasteiger partial charge in [0.05, 0.1) is 17.6 Å².